The third-order valence-corrected chi connectivity index (χ3v) is 2.72. The fraction of sp³-hybridized carbons (Fsp3) is 0.500. The van der Waals surface area contributed by atoms with Crippen LogP contribution >= 0.6 is 0 Å². The Hall–Kier alpha value is -1.89. The van der Waals surface area contributed by atoms with Gasteiger partial charge in [0.1, 0.15) is 11.4 Å². The number of rotatable bonds is 2. The number of nitrogens with two attached hydrogens (primary N) is 1. The van der Waals surface area contributed by atoms with E-state index in [0.717, 1.165) is 0 Å². The zero-order chi connectivity index (χ0) is 12.6. The first-order valence-corrected chi connectivity index (χ1v) is 5.21. The highest BCUT2D eigenvalue weighted by Crippen LogP contribution is 2.24. The summed E-state index contributed by atoms with van der Waals surface area (Å²) >= 11 is 0. The molecule has 1 aliphatic heterocycles. The normalized spacial score (nSPS) is 19.8. The van der Waals surface area contributed by atoms with E-state index in [-0.39, 0.29) is 23.9 Å². The van der Waals surface area contributed by atoms with Crippen LogP contribution in [0.5, 0.6) is 0 Å². The maximum atomic E-state index is 11.8. The Kier molecular flexibility index (Phi) is 2.84. The molecule has 7 heteroatoms. The summed E-state index contributed by atoms with van der Waals surface area (Å²) in [4.78, 5) is 24.8. The molecule has 0 radical (unpaired) electrons. The standard InChI is InChI=1S/C10H14N4O3/c1-13-9(7(4-12-13)10(16)17-2)14-5-6(11)3-8(14)15/h4,6H,3,5,11H2,1-2H3. The van der Waals surface area contributed by atoms with Crippen LogP contribution in [0.1, 0.15) is 16.8 Å². The molecule has 1 amide bonds. The summed E-state index contributed by atoms with van der Waals surface area (Å²) < 4.78 is 6.12. The molecule has 0 aromatic carbocycles. The van der Waals surface area contributed by atoms with E-state index in [0.29, 0.717) is 12.4 Å². The van der Waals surface area contributed by atoms with Crippen LogP contribution in [0.3, 0.4) is 0 Å². The predicted octanol–water partition coefficient (Wildman–Crippen LogP) is -0.729. The van der Waals surface area contributed by atoms with Gasteiger partial charge in [-0.3, -0.25) is 14.4 Å². The molecule has 2 rings (SSSR count). The van der Waals surface area contributed by atoms with Crippen molar-refractivity contribution in [1.29, 1.82) is 0 Å². The Labute approximate surface area is 98.1 Å². The largest absolute Gasteiger partial charge is 0.465 e. The van der Waals surface area contributed by atoms with Gasteiger partial charge in [-0.15, -0.1) is 0 Å². The Morgan fingerprint density at radius 2 is 2.35 bits per heavy atom. The lowest BCUT2D eigenvalue weighted by Crippen LogP contribution is -2.31. The number of anilines is 1. The van der Waals surface area contributed by atoms with Crippen molar-refractivity contribution in [2.75, 3.05) is 18.6 Å². The molecule has 0 aliphatic carbocycles. The van der Waals surface area contributed by atoms with Gasteiger partial charge in [-0.05, 0) is 0 Å². The van der Waals surface area contributed by atoms with Crippen molar-refractivity contribution in [2.24, 2.45) is 12.8 Å². The molecule has 1 unspecified atom stereocenters. The zero-order valence-electron chi connectivity index (χ0n) is 9.71. The topological polar surface area (TPSA) is 90.4 Å². The second-order valence-electron chi connectivity index (χ2n) is 3.97. The Morgan fingerprint density at radius 1 is 1.65 bits per heavy atom. The van der Waals surface area contributed by atoms with Crippen LogP contribution in [0.15, 0.2) is 6.20 Å². The van der Waals surface area contributed by atoms with Crippen molar-refractivity contribution < 1.29 is 14.3 Å². The van der Waals surface area contributed by atoms with Crippen molar-refractivity contribution in [3.8, 4) is 0 Å². The molecule has 1 fully saturated rings. The number of amides is 1. The Bertz CT molecular complexity index is 468. The molecule has 1 saturated heterocycles. The number of hydrogen-bond acceptors (Lipinski definition) is 5. The molecule has 92 valence electrons. The third kappa shape index (κ3) is 1.89. The minimum Gasteiger partial charge on any atom is -0.465 e. The summed E-state index contributed by atoms with van der Waals surface area (Å²) in [6.07, 6.45) is 1.67. The van der Waals surface area contributed by atoms with Gasteiger partial charge < -0.3 is 10.5 Å². The maximum absolute atomic E-state index is 11.8. The first-order chi connectivity index (χ1) is 8.04. The first-order valence-electron chi connectivity index (χ1n) is 5.21. The number of methoxy groups -OCH3 is 1. The van der Waals surface area contributed by atoms with Crippen LogP contribution in [-0.2, 0) is 16.6 Å². The van der Waals surface area contributed by atoms with Crippen LogP contribution in [-0.4, -0.2) is 41.4 Å². The molecule has 1 aliphatic rings. The number of ether oxygens (including phenoxy) is 1. The van der Waals surface area contributed by atoms with E-state index in [4.69, 9.17) is 5.73 Å². The molecular weight excluding hydrogens is 224 g/mol. The van der Waals surface area contributed by atoms with Crippen molar-refractivity contribution in [3.05, 3.63) is 11.8 Å². The van der Waals surface area contributed by atoms with E-state index in [1.807, 2.05) is 0 Å². The molecule has 1 atom stereocenters. The lowest BCUT2D eigenvalue weighted by Gasteiger charge is -2.17. The molecule has 2 N–H and O–H groups in total. The number of hydrogen-bond donors (Lipinski definition) is 1. The molecule has 17 heavy (non-hydrogen) atoms. The number of esters is 1. The first kappa shape index (κ1) is 11.6. The molecule has 0 saturated carbocycles. The fourth-order valence-electron chi connectivity index (χ4n) is 1.95. The third-order valence-electron chi connectivity index (χ3n) is 2.72. The van der Waals surface area contributed by atoms with Gasteiger partial charge in [-0.25, -0.2) is 4.79 Å². The van der Waals surface area contributed by atoms with Gasteiger partial charge in [-0.2, -0.15) is 5.10 Å². The smallest absolute Gasteiger partial charge is 0.343 e. The Balaban J connectivity index is 2.41. The summed E-state index contributed by atoms with van der Waals surface area (Å²) in [5.74, 6) is -0.178. The predicted molar refractivity (Wildman–Crippen MR) is 59.5 cm³/mol. The van der Waals surface area contributed by atoms with Gasteiger partial charge in [0.25, 0.3) is 0 Å². The quantitative estimate of drug-likeness (QED) is 0.686. The van der Waals surface area contributed by atoms with Gasteiger partial charge in [0.05, 0.1) is 13.3 Å². The van der Waals surface area contributed by atoms with E-state index in [1.54, 1.807) is 7.05 Å². The van der Waals surface area contributed by atoms with Crippen LogP contribution in [0, 0.1) is 0 Å². The molecule has 1 aromatic heterocycles. The summed E-state index contributed by atoms with van der Waals surface area (Å²) in [7, 11) is 2.95. The summed E-state index contributed by atoms with van der Waals surface area (Å²) in [6, 6.07) is -0.206. The summed E-state index contributed by atoms with van der Waals surface area (Å²) in [6.45, 7) is 0.391. The lowest BCUT2D eigenvalue weighted by molar-refractivity contribution is -0.117. The number of carbonyl (C=O) groups is 2. The lowest BCUT2D eigenvalue weighted by atomic mass is 10.3. The number of carbonyl (C=O) groups excluding carboxylic acids is 2. The van der Waals surface area contributed by atoms with Crippen LogP contribution in [0.2, 0.25) is 0 Å². The zero-order valence-corrected chi connectivity index (χ0v) is 9.71. The molecule has 2 heterocycles. The van der Waals surface area contributed by atoms with Gasteiger partial charge in [0.2, 0.25) is 5.91 Å². The second kappa shape index (κ2) is 4.17. The van der Waals surface area contributed by atoms with E-state index in [1.165, 1.54) is 22.9 Å². The van der Waals surface area contributed by atoms with E-state index >= 15 is 0 Å². The van der Waals surface area contributed by atoms with Gasteiger partial charge in [-0.1, -0.05) is 0 Å². The summed E-state index contributed by atoms with van der Waals surface area (Å²) in [5.41, 5.74) is 6.00. The van der Waals surface area contributed by atoms with E-state index in [2.05, 4.69) is 9.84 Å². The SMILES string of the molecule is COC(=O)c1cnn(C)c1N1CC(N)CC1=O. The van der Waals surface area contributed by atoms with Crippen molar-refractivity contribution >= 4 is 17.7 Å². The number of aromatic nitrogens is 2. The van der Waals surface area contributed by atoms with Crippen molar-refractivity contribution in [2.45, 2.75) is 12.5 Å². The van der Waals surface area contributed by atoms with Crippen molar-refractivity contribution in [3.63, 3.8) is 0 Å². The Morgan fingerprint density at radius 3 is 2.88 bits per heavy atom. The molecule has 0 bridgehead atoms. The van der Waals surface area contributed by atoms with E-state index < -0.39 is 5.97 Å². The monoisotopic (exact) mass is 238 g/mol. The fourth-order valence-corrected chi connectivity index (χ4v) is 1.95. The molecule has 7 nitrogen and oxygen atoms in total. The second-order valence-corrected chi connectivity index (χ2v) is 3.97. The molecule has 0 spiro atoms. The van der Waals surface area contributed by atoms with Crippen LogP contribution in [0.25, 0.3) is 0 Å². The molecular formula is C10H14N4O3. The van der Waals surface area contributed by atoms with Crippen LogP contribution < -0.4 is 10.6 Å². The maximum Gasteiger partial charge on any atom is 0.343 e. The summed E-state index contributed by atoms with van der Waals surface area (Å²) in [5, 5.41) is 3.97. The van der Waals surface area contributed by atoms with Gasteiger partial charge >= 0.3 is 5.97 Å². The number of aryl methyl sites for hydroxylation is 1. The van der Waals surface area contributed by atoms with E-state index in [9.17, 15) is 9.59 Å². The average molecular weight is 238 g/mol. The number of nitrogens with zero attached hydrogens (tertiary/aromatic N) is 3. The highest BCUT2D eigenvalue weighted by atomic mass is 16.5. The van der Waals surface area contributed by atoms with Gasteiger partial charge in [0.15, 0.2) is 0 Å². The van der Waals surface area contributed by atoms with Gasteiger partial charge in [0, 0.05) is 26.1 Å². The van der Waals surface area contributed by atoms with Crippen molar-refractivity contribution in [1.82, 2.24) is 9.78 Å². The minimum absolute atomic E-state index is 0.105. The molecule has 1 aromatic rings. The van der Waals surface area contributed by atoms with Crippen LogP contribution in [0.4, 0.5) is 5.82 Å². The highest BCUT2D eigenvalue weighted by Gasteiger charge is 2.33. The average Bonchev–Trinajstić information content (AvgIpc) is 2.80. The highest BCUT2D eigenvalue weighted by molar-refractivity contribution is 6.02. The minimum atomic E-state index is -0.513.